The molecule has 0 saturated carbocycles. The van der Waals surface area contributed by atoms with E-state index >= 15 is 0 Å². The van der Waals surface area contributed by atoms with Gasteiger partial charge in [0.05, 0.1) is 6.54 Å². The second-order valence-electron chi connectivity index (χ2n) is 3.53. The van der Waals surface area contributed by atoms with Crippen LogP contribution < -0.4 is 5.32 Å². The van der Waals surface area contributed by atoms with Gasteiger partial charge in [-0.25, -0.2) is 4.68 Å². The number of allylic oxidation sites excluding steroid dienone is 1. The van der Waals surface area contributed by atoms with E-state index in [1.807, 2.05) is 0 Å². The van der Waals surface area contributed by atoms with Crippen molar-refractivity contribution in [2.24, 2.45) is 0 Å². The summed E-state index contributed by atoms with van der Waals surface area (Å²) in [5, 5.41) is 15.6. The average molecular weight is 284 g/mol. The Balaban J connectivity index is 2.11. The molecule has 0 fully saturated rings. The zero-order chi connectivity index (χ0) is 13.0. The van der Waals surface area contributed by atoms with Crippen LogP contribution in [0.15, 0.2) is 30.9 Å². The van der Waals surface area contributed by atoms with Crippen molar-refractivity contribution in [2.45, 2.75) is 13.1 Å². The molecule has 0 amide bonds. The Morgan fingerprint density at radius 1 is 1.33 bits per heavy atom. The third kappa shape index (κ3) is 2.80. The molecule has 7 heteroatoms. The van der Waals surface area contributed by atoms with E-state index in [0.717, 1.165) is 5.56 Å². The molecule has 0 saturated heterocycles. The van der Waals surface area contributed by atoms with E-state index in [-0.39, 0.29) is 0 Å². The van der Waals surface area contributed by atoms with Crippen LogP contribution in [-0.2, 0) is 13.1 Å². The van der Waals surface area contributed by atoms with Crippen LogP contribution in [-0.4, -0.2) is 20.2 Å². The van der Waals surface area contributed by atoms with Gasteiger partial charge in [-0.3, -0.25) is 0 Å². The Hall–Kier alpha value is -1.59. The van der Waals surface area contributed by atoms with Crippen molar-refractivity contribution in [1.29, 1.82) is 0 Å². The van der Waals surface area contributed by atoms with Gasteiger partial charge >= 0.3 is 0 Å². The van der Waals surface area contributed by atoms with Crippen LogP contribution in [0.4, 0.5) is 5.95 Å². The van der Waals surface area contributed by atoms with E-state index in [0.29, 0.717) is 29.1 Å². The van der Waals surface area contributed by atoms with Crippen LogP contribution >= 0.6 is 23.2 Å². The van der Waals surface area contributed by atoms with Crippen molar-refractivity contribution < 1.29 is 0 Å². The van der Waals surface area contributed by atoms with Crippen LogP contribution in [0.1, 0.15) is 5.56 Å². The van der Waals surface area contributed by atoms with Gasteiger partial charge in [-0.2, -0.15) is 0 Å². The molecule has 2 rings (SSSR count). The fourth-order valence-corrected chi connectivity index (χ4v) is 1.98. The molecule has 0 spiro atoms. The molecule has 0 aliphatic heterocycles. The molecule has 1 aromatic heterocycles. The Bertz CT molecular complexity index is 532. The van der Waals surface area contributed by atoms with E-state index in [9.17, 15) is 0 Å². The zero-order valence-electron chi connectivity index (χ0n) is 9.48. The van der Waals surface area contributed by atoms with Gasteiger partial charge in [-0.05, 0) is 22.6 Å². The van der Waals surface area contributed by atoms with Gasteiger partial charge in [0.15, 0.2) is 0 Å². The van der Waals surface area contributed by atoms with Gasteiger partial charge in [0, 0.05) is 22.2 Å². The summed E-state index contributed by atoms with van der Waals surface area (Å²) in [4.78, 5) is 0. The van der Waals surface area contributed by atoms with Crippen molar-refractivity contribution in [3.8, 4) is 0 Å². The molecule has 2 aromatic rings. The molecule has 1 heterocycles. The summed E-state index contributed by atoms with van der Waals surface area (Å²) < 4.78 is 1.59. The lowest BCUT2D eigenvalue weighted by Gasteiger charge is -2.08. The number of halogens is 2. The number of benzene rings is 1. The van der Waals surface area contributed by atoms with Gasteiger partial charge < -0.3 is 5.32 Å². The predicted molar refractivity (Wildman–Crippen MR) is 71.8 cm³/mol. The first-order valence-corrected chi connectivity index (χ1v) is 6.01. The van der Waals surface area contributed by atoms with Crippen molar-refractivity contribution in [2.75, 3.05) is 5.32 Å². The number of rotatable bonds is 5. The van der Waals surface area contributed by atoms with Crippen molar-refractivity contribution in [3.05, 3.63) is 46.5 Å². The Morgan fingerprint density at radius 3 is 2.72 bits per heavy atom. The number of nitrogens with zero attached hydrogens (tertiary/aromatic N) is 4. The van der Waals surface area contributed by atoms with Crippen LogP contribution in [0.25, 0.3) is 0 Å². The standard InChI is InChI=1S/C11H11Cl2N5/c1-2-6-18-11(15-16-17-18)14-7-8-9(12)4-3-5-10(8)13/h2-5H,1,6-7H2,(H,14,15,17). The lowest BCUT2D eigenvalue weighted by Crippen LogP contribution is -2.08. The average Bonchev–Trinajstić information content (AvgIpc) is 2.77. The van der Waals surface area contributed by atoms with Crippen LogP contribution in [0.5, 0.6) is 0 Å². The number of aromatic nitrogens is 4. The minimum absolute atomic E-state index is 0.454. The monoisotopic (exact) mass is 283 g/mol. The largest absolute Gasteiger partial charge is 0.349 e. The summed E-state index contributed by atoms with van der Waals surface area (Å²) in [6, 6.07) is 5.38. The third-order valence-corrected chi connectivity index (χ3v) is 3.03. The van der Waals surface area contributed by atoms with Crippen LogP contribution in [0, 0.1) is 0 Å². The summed E-state index contributed by atoms with van der Waals surface area (Å²) in [6.07, 6.45) is 1.71. The molecule has 0 radical (unpaired) electrons. The van der Waals surface area contributed by atoms with Crippen molar-refractivity contribution >= 4 is 29.2 Å². The molecule has 0 aliphatic rings. The van der Waals surface area contributed by atoms with Crippen LogP contribution in [0.3, 0.4) is 0 Å². The summed E-state index contributed by atoms with van der Waals surface area (Å²) in [7, 11) is 0. The minimum Gasteiger partial charge on any atom is -0.349 e. The van der Waals surface area contributed by atoms with Gasteiger partial charge in [0.2, 0.25) is 5.95 Å². The maximum Gasteiger partial charge on any atom is 0.243 e. The highest BCUT2D eigenvalue weighted by atomic mass is 35.5. The second kappa shape index (κ2) is 5.84. The number of anilines is 1. The highest BCUT2D eigenvalue weighted by Gasteiger charge is 2.08. The van der Waals surface area contributed by atoms with E-state index in [1.165, 1.54) is 0 Å². The van der Waals surface area contributed by atoms with Gasteiger partial charge in [0.25, 0.3) is 0 Å². The molecule has 1 aromatic carbocycles. The molecule has 0 atom stereocenters. The molecule has 0 unspecified atom stereocenters. The molecule has 5 nitrogen and oxygen atoms in total. The summed E-state index contributed by atoms with van der Waals surface area (Å²) in [5.41, 5.74) is 0.814. The van der Waals surface area contributed by atoms with Crippen molar-refractivity contribution in [1.82, 2.24) is 20.2 Å². The lowest BCUT2D eigenvalue weighted by atomic mass is 10.2. The molecule has 0 bridgehead atoms. The van der Waals surface area contributed by atoms with E-state index < -0.39 is 0 Å². The number of hydrogen-bond acceptors (Lipinski definition) is 4. The SMILES string of the molecule is C=CCn1nnnc1NCc1c(Cl)cccc1Cl. The molecule has 18 heavy (non-hydrogen) atoms. The first kappa shape index (κ1) is 12.9. The fourth-order valence-electron chi connectivity index (χ4n) is 1.45. The lowest BCUT2D eigenvalue weighted by molar-refractivity contribution is 0.663. The van der Waals surface area contributed by atoms with Crippen molar-refractivity contribution in [3.63, 3.8) is 0 Å². The molecule has 0 aliphatic carbocycles. The Labute approximate surface area is 114 Å². The second-order valence-corrected chi connectivity index (χ2v) is 4.34. The van der Waals surface area contributed by atoms with E-state index in [4.69, 9.17) is 23.2 Å². The quantitative estimate of drug-likeness (QED) is 0.858. The van der Waals surface area contributed by atoms with E-state index in [1.54, 1.807) is 29.0 Å². The van der Waals surface area contributed by atoms with Gasteiger partial charge in [-0.15, -0.1) is 6.58 Å². The van der Waals surface area contributed by atoms with Gasteiger partial charge in [-0.1, -0.05) is 40.4 Å². The van der Waals surface area contributed by atoms with Gasteiger partial charge in [0.1, 0.15) is 0 Å². The summed E-state index contributed by atoms with van der Waals surface area (Å²) >= 11 is 12.1. The minimum atomic E-state index is 0.454. The van der Waals surface area contributed by atoms with Crippen LogP contribution in [0.2, 0.25) is 10.0 Å². The highest BCUT2D eigenvalue weighted by molar-refractivity contribution is 6.36. The third-order valence-electron chi connectivity index (χ3n) is 2.32. The van der Waals surface area contributed by atoms with E-state index in [2.05, 4.69) is 27.4 Å². The summed E-state index contributed by atoms with van der Waals surface area (Å²) in [5.74, 6) is 0.547. The predicted octanol–water partition coefficient (Wildman–Crippen LogP) is 2.78. The Kier molecular flexibility index (Phi) is 4.17. The highest BCUT2D eigenvalue weighted by Crippen LogP contribution is 2.24. The first-order chi connectivity index (χ1) is 8.72. The summed E-state index contributed by atoms with van der Waals surface area (Å²) in [6.45, 7) is 4.62. The normalized spacial score (nSPS) is 10.3. The molecular formula is C11H11Cl2N5. The molecule has 94 valence electrons. The zero-order valence-corrected chi connectivity index (χ0v) is 11.0. The number of nitrogens with one attached hydrogen (secondary N) is 1. The fraction of sp³-hybridized carbons (Fsp3) is 0.182. The first-order valence-electron chi connectivity index (χ1n) is 5.26. The molecule has 1 N–H and O–H groups in total. The topological polar surface area (TPSA) is 55.6 Å². The Morgan fingerprint density at radius 2 is 2.06 bits per heavy atom. The smallest absolute Gasteiger partial charge is 0.243 e. The maximum absolute atomic E-state index is 6.07. The number of hydrogen-bond donors (Lipinski definition) is 1. The molecular weight excluding hydrogens is 273 g/mol. The number of tetrazole rings is 1. The maximum atomic E-state index is 6.07.